The predicted molar refractivity (Wildman–Crippen MR) is 153 cm³/mol. The van der Waals surface area contributed by atoms with Gasteiger partial charge in [0.05, 0.1) is 24.2 Å². The Bertz CT molecular complexity index is 1420. The molecule has 0 fully saturated rings. The molecule has 0 aromatic heterocycles. The molecule has 11 nitrogen and oxygen atoms in total. The summed E-state index contributed by atoms with van der Waals surface area (Å²) in [5.41, 5.74) is -2.12. The van der Waals surface area contributed by atoms with E-state index in [1.807, 2.05) is 13.8 Å². The Morgan fingerprint density at radius 2 is 1.86 bits per heavy atom. The summed E-state index contributed by atoms with van der Waals surface area (Å²) in [4.78, 5) is 40.5. The van der Waals surface area contributed by atoms with Crippen LogP contribution in [0.4, 0.5) is 18.9 Å². The molecule has 44 heavy (non-hydrogen) atoms. The van der Waals surface area contributed by atoms with Crippen molar-refractivity contribution in [3.63, 3.8) is 0 Å². The number of rotatable bonds is 13. The highest BCUT2D eigenvalue weighted by Crippen LogP contribution is 2.44. The van der Waals surface area contributed by atoms with Crippen LogP contribution in [0.1, 0.15) is 37.8 Å². The zero-order chi connectivity index (χ0) is 32.6. The molecular weight excluding hydrogens is 587 g/mol. The van der Waals surface area contributed by atoms with Crippen molar-refractivity contribution in [2.24, 2.45) is 10.9 Å². The molecule has 2 aromatic carbocycles. The third-order valence-corrected chi connectivity index (χ3v) is 6.79. The predicted octanol–water partition coefficient (Wildman–Crippen LogP) is 4.28. The molecule has 1 aliphatic rings. The smallest absolute Gasteiger partial charge is 0.430 e. The molecule has 1 heterocycles. The fraction of sp³-hybridized carbons (Fsp3) is 0.433. The summed E-state index contributed by atoms with van der Waals surface area (Å²) in [5.74, 6) is -5.70. The summed E-state index contributed by atoms with van der Waals surface area (Å²) >= 11 is 0. The first kappa shape index (κ1) is 34.2. The van der Waals surface area contributed by atoms with E-state index in [4.69, 9.17) is 9.47 Å². The number of methoxy groups -OCH3 is 1. The van der Waals surface area contributed by atoms with E-state index in [9.17, 15) is 38.0 Å². The fourth-order valence-electron chi connectivity index (χ4n) is 4.74. The van der Waals surface area contributed by atoms with Gasteiger partial charge < -0.3 is 24.6 Å². The lowest BCUT2D eigenvalue weighted by Crippen LogP contribution is -2.43. The topological polar surface area (TPSA) is 150 Å². The highest BCUT2D eigenvalue weighted by atomic mass is 19.4. The summed E-state index contributed by atoms with van der Waals surface area (Å²) in [6.45, 7) is 5.15. The van der Waals surface area contributed by atoms with Gasteiger partial charge in [-0.05, 0) is 24.1 Å². The van der Waals surface area contributed by atoms with Gasteiger partial charge in [-0.15, -0.1) is 0 Å². The Kier molecular flexibility index (Phi) is 11.6. The van der Waals surface area contributed by atoms with E-state index in [1.54, 1.807) is 24.3 Å². The van der Waals surface area contributed by atoms with Crippen molar-refractivity contribution in [1.82, 2.24) is 5.32 Å². The number of esters is 2. The number of hydrogen-bond acceptors (Lipinski definition) is 10. The summed E-state index contributed by atoms with van der Waals surface area (Å²) in [5, 5.41) is 24.7. The number of carbonyl (C=O) groups excluding carboxylic acids is 2. The molecule has 3 unspecified atom stereocenters. The van der Waals surface area contributed by atoms with Crippen molar-refractivity contribution < 1.29 is 47.0 Å². The van der Waals surface area contributed by atoms with E-state index in [1.165, 1.54) is 19.1 Å². The van der Waals surface area contributed by atoms with E-state index < -0.39 is 52.4 Å². The van der Waals surface area contributed by atoms with Crippen molar-refractivity contribution in [3.8, 4) is 5.75 Å². The van der Waals surface area contributed by atoms with Crippen LogP contribution in [0.3, 0.4) is 0 Å². The second-order valence-corrected chi connectivity index (χ2v) is 10.3. The number of aliphatic hydroxyl groups excluding tert-OH is 1. The molecule has 2 aromatic rings. The largest absolute Gasteiger partial charge is 0.491 e. The molecule has 238 valence electrons. The second kappa shape index (κ2) is 14.9. The average Bonchev–Trinajstić information content (AvgIpc) is 2.98. The molecule has 3 atom stereocenters. The third-order valence-electron chi connectivity index (χ3n) is 6.79. The van der Waals surface area contributed by atoms with E-state index in [2.05, 4.69) is 15.0 Å². The van der Waals surface area contributed by atoms with Gasteiger partial charge in [0.1, 0.15) is 30.1 Å². The number of nitro groups is 1. The first-order valence-electron chi connectivity index (χ1n) is 13.7. The van der Waals surface area contributed by atoms with Crippen LogP contribution in [0.25, 0.3) is 0 Å². The van der Waals surface area contributed by atoms with E-state index >= 15 is 0 Å². The Balaban J connectivity index is 1.89. The first-order valence-corrected chi connectivity index (χ1v) is 13.7. The number of halogens is 3. The van der Waals surface area contributed by atoms with Crippen LogP contribution < -0.4 is 10.1 Å². The van der Waals surface area contributed by atoms with Gasteiger partial charge in [0.15, 0.2) is 0 Å². The number of nitro benzene ring substituents is 1. The number of aliphatic hydroxyl groups is 1. The van der Waals surface area contributed by atoms with E-state index in [0.29, 0.717) is 17.9 Å². The molecule has 0 spiro atoms. The molecule has 0 saturated heterocycles. The molecule has 2 N–H and O–H groups in total. The number of hydrogen-bond donors (Lipinski definition) is 2. The van der Waals surface area contributed by atoms with Crippen LogP contribution in [0.2, 0.25) is 0 Å². The summed E-state index contributed by atoms with van der Waals surface area (Å²) in [6.07, 6.45) is -5.70. The Morgan fingerprint density at radius 3 is 2.50 bits per heavy atom. The summed E-state index contributed by atoms with van der Waals surface area (Å²) in [6, 6.07) is 11.7. The minimum atomic E-state index is -5.07. The monoisotopic (exact) mass is 621 g/mol. The molecule has 0 amide bonds. The van der Waals surface area contributed by atoms with Crippen LogP contribution in [0, 0.1) is 16.0 Å². The SMILES string of the molecule is COC(=O)C1C(C(F)(F)F)=NC(C)=C(C(=O)OCCc2ccccc2OCC(O)CNC(C)C)C1c1cccc([N+](=O)[O-])c1. The van der Waals surface area contributed by atoms with Gasteiger partial charge in [0.25, 0.3) is 5.69 Å². The molecule has 14 heteroatoms. The number of carbonyl (C=O) groups is 2. The third kappa shape index (κ3) is 8.63. The zero-order valence-electron chi connectivity index (χ0n) is 24.6. The Labute approximate surface area is 251 Å². The molecule has 3 rings (SSSR count). The lowest BCUT2D eigenvalue weighted by molar-refractivity contribution is -0.384. The number of non-ortho nitro benzene ring substituents is 1. The first-order chi connectivity index (χ1) is 20.7. The molecule has 1 aliphatic heterocycles. The number of nitrogens with zero attached hydrogens (tertiary/aromatic N) is 2. The van der Waals surface area contributed by atoms with Crippen LogP contribution in [-0.2, 0) is 25.5 Å². The second-order valence-electron chi connectivity index (χ2n) is 10.3. The van der Waals surface area contributed by atoms with Gasteiger partial charge in [-0.3, -0.25) is 19.9 Å². The number of benzene rings is 2. The van der Waals surface area contributed by atoms with Gasteiger partial charge in [-0.1, -0.05) is 44.2 Å². The minimum absolute atomic E-state index is 0.00194. The number of aliphatic imine (C=N–C) groups is 1. The van der Waals surface area contributed by atoms with E-state index in [-0.39, 0.29) is 42.5 Å². The number of nitrogens with one attached hydrogen (secondary N) is 1. The average molecular weight is 622 g/mol. The minimum Gasteiger partial charge on any atom is -0.491 e. The Morgan fingerprint density at radius 1 is 1.16 bits per heavy atom. The quantitative estimate of drug-likeness (QED) is 0.190. The zero-order valence-corrected chi connectivity index (χ0v) is 24.6. The van der Waals surface area contributed by atoms with Crippen molar-refractivity contribution in [1.29, 1.82) is 0 Å². The standard InChI is InChI=1S/C30H34F3N3O8/c1-17(2)34-15-22(37)16-44-23-11-6-5-8-19(23)12-13-43-29(39)24-18(3)35-27(30(31,32)33)26(28(38)42-4)25(24)20-9-7-10-21(14-20)36(40)41/h5-11,14,17,22,25-26,34,37H,12-13,15-16H2,1-4H3. The maximum absolute atomic E-state index is 14.1. The maximum atomic E-state index is 14.1. The molecule has 0 aliphatic carbocycles. The highest BCUT2D eigenvalue weighted by molar-refractivity contribution is 6.10. The highest BCUT2D eigenvalue weighted by Gasteiger charge is 2.52. The molecule has 0 bridgehead atoms. The molecule has 0 radical (unpaired) electrons. The summed E-state index contributed by atoms with van der Waals surface area (Å²) in [7, 11) is 0.892. The number of allylic oxidation sites excluding steroid dienone is 1. The lowest BCUT2D eigenvalue weighted by Gasteiger charge is -2.32. The van der Waals surface area contributed by atoms with Crippen LogP contribution in [0.15, 0.2) is 64.8 Å². The van der Waals surface area contributed by atoms with Crippen LogP contribution in [-0.4, -0.2) is 72.9 Å². The number of alkyl halides is 3. The van der Waals surface area contributed by atoms with Crippen molar-refractivity contribution in [3.05, 3.63) is 81.0 Å². The van der Waals surface area contributed by atoms with Crippen LogP contribution >= 0.6 is 0 Å². The van der Waals surface area contributed by atoms with Gasteiger partial charge in [-0.2, -0.15) is 13.2 Å². The number of para-hydroxylation sites is 1. The van der Waals surface area contributed by atoms with Gasteiger partial charge in [0.2, 0.25) is 0 Å². The normalized spacial score (nSPS) is 17.6. The van der Waals surface area contributed by atoms with Crippen molar-refractivity contribution in [2.45, 2.75) is 51.4 Å². The fourth-order valence-corrected chi connectivity index (χ4v) is 4.74. The molecular formula is C30H34F3N3O8. The Hall–Kier alpha value is -4.30. The van der Waals surface area contributed by atoms with Gasteiger partial charge >= 0.3 is 18.1 Å². The summed E-state index contributed by atoms with van der Waals surface area (Å²) < 4.78 is 58.1. The number of ether oxygens (including phenoxy) is 3. The molecule has 0 saturated carbocycles. The maximum Gasteiger partial charge on any atom is 0.430 e. The lowest BCUT2D eigenvalue weighted by atomic mass is 9.75. The van der Waals surface area contributed by atoms with Crippen LogP contribution in [0.5, 0.6) is 5.75 Å². The van der Waals surface area contributed by atoms with Gasteiger partial charge in [0, 0.05) is 42.8 Å². The van der Waals surface area contributed by atoms with E-state index in [0.717, 1.165) is 19.2 Å². The van der Waals surface area contributed by atoms with Crippen molar-refractivity contribution >= 4 is 23.3 Å². The van der Waals surface area contributed by atoms with Gasteiger partial charge in [-0.25, -0.2) is 4.79 Å². The van der Waals surface area contributed by atoms with Crippen molar-refractivity contribution in [2.75, 3.05) is 26.9 Å².